The molecule has 3 N–H and O–H groups in total. The van der Waals surface area contributed by atoms with Crippen LogP contribution < -0.4 is 16.0 Å². The molecule has 4 nitrogen and oxygen atoms in total. The summed E-state index contributed by atoms with van der Waals surface area (Å²) in [5.74, 6) is 0.142. The predicted molar refractivity (Wildman–Crippen MR) is 95.3 cm³/mol. The van der Waals surface area contributed by atoms with Crippen LogP contribution in [-0.2, 0) is 4.79 Å². The first-order valence-electron chi connectivity index (χ1n) is 8.94. The standard InChI is InChI=1S/C19H31N3O/c1-4-19(5-2,14-21-18(23)17-12-9-13-20-17)22-15(3)16-10-7-6-8-11-16/h6-8,10-11,15,17,20,22H,4-5,9,12-14H2,1-3H3,(H,21,23). The van der Waals surface area contributed by atoms with Crippen molar-refractivity contribution in [1.82, 2.24) is 16.0 Å². The fraction of sp³-hybridized carbons (Fsp3) is 0.632. The van der Waals surface area contributed by atoms with Gasteiger partial charge in [-0.2, -0.15) is 0 Å². The Balaban J connectivity index is 1.96. The Kier molecular flexibility index (Phi) is 6.60. The first-order valence-corrected chi connectivity index (χ1v) is 8.94. The van der Waals surface area contributed by atoms with Crippen LogP contribution in [0.5, 0.6) is 0 Å². The summed E-state index contributed by atoms with van der Waals surface area (Å²) < 4.78 is 0. The van der Waals surface area contributed by atoms with E-state index in [2.05, 4.69) is 61.0 Å². The Labute approximate surface area is 140 Å². The summed E-state index contributed by atoms with van der Waals surface area (Å²) in [6, 6.07) is 10.7. The van der Waals surface area contributed by atoms with Gasteiger partial charge < -0.3 is 16.0 Å². The molecule has 0 aromatic heterocycles. The van der Waals surface area contributed by atoms with E-state index in [9.17, 15) is 4.79 Å². The Bertz CT molecular complexity index is 479. The van der Waals surface area contributed by atoms with Crippen molar-refractivity contribution in [1.29, 1.82) is 0 Å². The normalized spacial score (nSPS) is 19.5. The molecule has 23 heavy (non-hydrogen) atoms. The van der Waals surface area contributed by atoms with Gasteiger partial charge in [0, 0.05) is 18.1 Å². The monoisotopic (exact) mass is 317 g/mol. The van der Waals surface area contributed by atoms with Crippen molar-refractivity contribution in [3.8, 4) is 0 Å². The highest BCUT2D eigenvalue weighted by Gasteiger charge is 2.30. The Morgan fingerprint density at radius 3 is 2.57 bits per heavy atom. The van der Waals surface area contributed by atoms with Gasteiger partial charge in [0.25, 0.3) is 0 Å². The second-order valence-electron chi connectivity index (χ2n) is 6.63. The SMILES string of the molecule is CCC(CC)(CNC(=O)C1CCCN1)NC(C)c1ccccc1. The van der Waals surface area contributed by atoms with Crippen LogP contribution in [-0.4, -0.2) is 30.6 Å². The predicted octanol–water partition coefficient (Wildman–Crippen LogP) is 2.76. The summed E-state index contributed by atoms with van der Waals surface area (Å²) in [4.78, 5) is 12.3. The van der Waals surface area contributed by atoms with Crippen molar-refractivity contribution in [2.24, 2.45) is 0 Å². The number of benzene rings is 1. The van der Waals surface area contributed by atoms with Gasteiger partial charge in [0.15, 0.2) is 0 Å². The zero-order valence-electron chi connectivity index (χ0n) is 14.7. The summed E-state index contributed by atoms with van der Waals surface area (Å²) >= 11 is 0. The third-order valence-electron chi connectivity index (χ3n) is 5.15. The van der Waals surface area contributed by atoms with E-state index in [0.29, 0.717) is 6.54 Å². The number of nitrogens with one attached hydrogen (secondary N) is 3. The summed E-state index contributed by atoms with van der Waals surface area (Å²) in [7, 11) is 0. The topological polar surface area (TPSA) is 53.2 Å². The van der Waals surface area contributed by atoms with E-state index < -0.39 is 0 Å². The lowest BCUT2D eigenvalue weighted by atomic mass is 9.90. The second-order valence-corrected chi connectivity index (χ2v) is 6.63. The maximum Gasteiger partial charge on any atom is 0.237 e. The molecule has 0 bridgehead atoms. The van der Waals surface area contributed by atoms with Crippen molar-refractivity contribution in [3.05, 3.63) is 35.9 Å². The first-order chi connectivity index (χ1) is 11.1. The minimum Gasteiger partial charge on any atom is -0.353 e. The van der Waals surface area contributed by atoms with Crippen LogP contribution in [0.2, 0.25) is 0 Å². The van der Waals surface area contributed by atoms with E-state index in [1.165, 1.54) is 5.56 Å². The number of carbonyl (C=O) groups is 1. The molecule has 1 aliphatic heterocycles. The Morgan fingerprint density at radius 1 is 1.30 bits per heavy atom. The van der Waals surface area contributed by atoms with E-state index in [0.717, 1.165) is 32.2 Å². The van der Waals surface area contributed by atoms with Gasteiger partial charge in [0.2, 0.25) is 5.91 Å². The summed E-state index contributed by atoms with van der Waals surface area (Å²) in [5.41, 5.74) is 1.21. The zero-order chi connectivity index (χ0) is 16.7. The lowest BCUT2D eigenvalue weighted by Gasteiger charge is -2.36. The van der Waals surface area contributed by atoms with Gasteiger partial charge in [0.1, 0.15) is 0 Å². The molecule has 2 rings (SSSR count). The van der Waals surface area contributed by atoms with E-state index in [1.807, 2.05) is 6.07 Å². The van der Waals surface area contributed by atoms with Crippen molar-refractivity contribution in [2.75, 3.05) is 13.1 Å². The van der Waals surface area contributed by atoms with Gasteiger partial charge in [-0.25, -0.2) is 0 Å². The maximum absolute atomic E-state index is 12.3. The zero-order valence-corrected chi connectivity index (χ0v) is 14.7. The molecule has 0 spiro atoms. The quantitative estimate of drug-likeness (QED) is 0.691. The average Bonchev–Trinajstić information content (AvgIpc) is 3.14. The number of hydrogen-bond acceptors (Lipinski definition) is 3. The number of hydrogen-bond donors (Lipinski definition) is 3. The Morgan fingerprint density at radius 2 is 2.00 bits per heavy atom. The van der Waals surface area contributed by atoms with Crippen LogP contribution in [0.1, 0.15) is 58.1 Å². The lowest BCUT2D eigenvalue weighted by Crippen LogP contribution is -2.55. The molecule has 0 aliphatic carbocycles. The van der Waals surface area contributed by atoms with Crippen molar-refractivity contribution in [2.45, 2.75) is 64.1 Å². The fourth-order valence-electron chi connectivity index (χ4n) is 3.33. The van der Waals surface area contributed by atoms with Gasteiger partial charge in [0.05, 0.1) is 6.04 Å². The molecule has 128 valence electrons. The van der Waals surface area contributed by atoms with E-state index in [4.69, 9.17) is 0 Å². The molecule has 0 radical (unpaired) electrons. The third-order valence-corrected chi connectivity index (χ3v) is 5.15. The third kappa shape index (κ3) is 4.79. The van der Waals surface area contributed by atoms with Crippen LogP contribution in [0.4, 0.5) is 0 Å². The molecule has 4 heteroatoms. The average molecular weight is 317 g/mol. The Hall–Kier alpha value is -1.39. The minimum atomic E-state index is -0.0660. The maximum atomic E-state index is 12.3. The summed E-state index contributed by atoms with van der Waals surface area (Å²) in [6.45, 7) is 8.19. The minimum absolute atomic E-state index is 0.00652. The molecular weight excluding hydrogens is 286 g/mol. The molecule has 0 saturated carbocycles. The van der Waals surface area contributed by atoms with Gasteiger partial charge in [-0.1, -0.05) is 44.2 Å². The van der Waals surface area contributed by atoms with Crippen LogP contribution in [0, 0.1) is 0 Å². The highest BCUT2D eigenvalue weighted by atomic mass is 16.2. The van der Waals surface area contributed by atoms with Gasteiger partial charge in [-0.3, -0.25) is 4.79 Å². The fourth-order valence-corrected chi connectivity index (χ4v) is 3.33. The summed E-state index contributed by atoms with van der Waals surface area (Å²) in [6.07, 6.45) is 4.01. The molecule has 1 amide bonds. The largest absolute Gasteiger partial charge is 0.353 e. The van der Waals surface area contributed by atoms with E-state index in [-0.39, 0.29) is 23.5 Å². The number of amides is 1. The smallest absolute Gasteiger partial charge is 0.237 e. The number of rotatable bonds is 8. The van der Waals surface area contributed by atoms with Crippen molar-refractivity contribution < 1.29 is 4.79 Å². The molecule has 1 aromatic carbocycles. The van der Waals surface area contributed by atoms with Crippen LogP contribution >= 0.6 is 0 Å². The van der Waals surface area contributed by atoms with Gasteiger partial charge in [-0.15, -0.1) is 0 Å². The van der Waals surface area contributed by atoms with Gasteiger partial charge >= 0.3 is 0 Å². The molecule has 1 aliphatic rings. The van der Waals surface area contributed by atoms with Crippen LogP contribution in [0.15, 0.2) is 30.3 Å². The molecule has 1 saturated heterocycles. The second kappa shape index (κ2) is 8.46. The molecule has 2 atom stereocenters. The highest BCUT2D eigenvalue weighted by Crippen LogP contribution is 2.21. The highest BCUT2D eigenvalue weighted by molar-refractivity contribution is 5.82. The van der Waals surface area contributed by atoms with E-state index >= 15 is 0 Å². The van der Waals surface area contributed by atoms with Crippen LogP contribution in [0.3, 0.4) is 0 Å². The van der Waals surface area contributed by atoms with Crippen molar-refractivity contribution in [3.63, 3.8) is 0 Å². The molecule has 1 aromatic rings. The van der Waals surface area contributed by atoms with Crippen LogP contribution in [0.25, 0.3) is 0 Å². The first kappa shape index (κ1) is 18.0. The van der Waals surface area contributed by atoms with E-state index in [1.54, 1.807) is 0 Å². The molecular formula is C19H31N3O. The molecule has 1 heterocycles. The van der Waals surface area contributed by atoms with Gasteiger partial charge in [-0.05, 0) is 44.7 Å². The molecule has 1 fully saturated rings. The lowest BCUT2D eigenvalue weighted by molar-refractivity contribution is -0.123. The van der Waals surface area contributed by atoms with Crippen molar-refractivity contribution >= 4 is 5.91 Å². The number of carbonyl (C=O) groups excluding carboxylic acids is 1. The summed E-state index contributed by atoms with van der Waals surface area (Å²) in [5, 5.41) is 10.2. The molecule has 2 unspecified atom stereocenters.